The van der Waals surface area contributed by atoms with Crippen molar-refractivity contribution >= 4 is 22.6 Å². The number of hydrogen-bond acceptors (Lipinski definition) is 3. The van der Waals surface area contributed by atoms with Crippen LogP contribution in [-0.2, 0) is 0 Å². The number of likely N-dealkylation sites (tertiary alicyclic amines) is 1. The van der Waals surface area contributed by atoms with Crippen LogP contribution < -0.4 is 0 Å². The summed E-state index contributed by atoms with van der Waals surface area (Å²) in [7, 11) is 0. The molecule has 0 amide bonds. The quantitative estimate of drug-likeness (QED) is 0.554. The Balaban J connectivity index is 2.37. The van der Waals surface area contributed by atoms with Gasteiger partial charge >= 0.3 is 0 Å². The number of aliphatic hydroxyl groups is 2. The molecule has 0 aromatic rings. The summed E-state index contributed by atoms with van der Waals surface area (Å²) < 4.78 is 1.06. The molecule has 0 radical (unpaired) electrons. The molecule has 1 saturated heterocycles. The highest BCUT2D eigenvalue weighted by Gasteiger charge is 2.29. The third kappa shape index (κ3) is 2.54. The molecule has 0 saturated carbocycles. The topological polar surface area (TPSA) is 43.7 Å². The lowest BCUT2D eigenvalue weighted by Gasteiger charge is -2.20. The van der Waals surface area contributed by atoms with E-state index in [1.807, 2.05) is 0 Å². The standard InChI is InChI=1S/C7H14INO2/c8-1-2-9-4-7(11)3-6(9)5-10/h6-7,10-11H,1-5H2/t6-,7-/m0/s1. The van der Waals surface area contributed by atoms with Crippen molar-refractivity contribution < 1.29 is 10.2 Å². The summed E-state index contributed by atoms with van der Waals surface area (Å²) in [5.74, 6) is 0. The average Bonchev–Trinajstić information content (AvgIpc) is 2.32. The normalized spacial score (nSPS) is 33.0. The van der Waals surface area contributed by atoms with Crippen molar-refractivity contribution in [2.24, 2.45) is 0 Å². The number of halogens is 1. The highest BCUT2D eigenvalue weighted by atomic mass is 127. The molecular formula is C7H14INO2. The Hall–Kier alpha value is 0.610. The molecule has 1 rings (SSSR count). The lowest BCUT2D eigenvalue weighted by Crippen LogP contribution is -2.33. The summed E-state index contributed by atoms with van der Waals surface area (Å²) in [5, 5.41) is 18.2. The molecule has 0 aliphatic carbocycles. The summed E-state index contributed by atoms with van der Waals surface area (Å²) in [6.07, 6.45) is 0.503. The second-order valence-corrected chi connectivity index (χ2v) is 3.99. The molecular weight excluding hydrogens is 257 g/mol. The van der Waals surface area contributed by atoms with E-state index in [0.717, 1.165) is 23.9 Å². The van der Waals surface area contributed by atoms with E-state index < -0.39 is 0 Å². The Bertz CT molecular complexity index is 123. The van der Waals surface area contributed by atoms with Crippen molar-refractivity contribution in [3.05, 3.63) is 0 Å². The SMILES string of the molecule is OC[C@@H]1C[C@H](O)CN1CCI. The first kappa shape index (κ1) is 9.70. The molecule has 2 N–H and O–H groups in total. The van der Waals surface area contributed by atoms with Gasteiger partial charge in [0, 0.05) is 23.6 Å². The maximum atomic E-state index is 9.27. The Labute approximate surface area is 80.5 Å². The second-order valence-electron chi connectivity index (χ2n) is 2.91. The van der Waals surface area contributed by atoms with Crippen LogP contribution in [0.15, 0.2) is 0 Å². The maximum Gasteiger partial charge on any atom is 0.0683 e. The highest BCUT2D eigenvalue weighted by Crippen LogP contribution is 2.16. The summed E-state index contributed by atoms with van der Waals surface area (Å²) in [6.45, 7) is 1.88. The Morgan fingerprint density at radius 1 is 1.55 bits per heavy atom. The number of hydrogen-bond donors (Lipinski definition) is 2. The molecule has 0 spiro atoms. The van der Waals surface area contributed by atoms with Gasteiger partial charge < -0.3 is 10.2 Å². The number of β-amino-alcohol motifs (C(OH)–C–C–N with tert-alkyl or cyclic N) is 1. The van der Waals surface area contributed by atoms with Crippen molar-refractivity contribution in [2.45, 2.75) is 18.6 Å². The summed E-state index contributed by atoms with van der Waals surface area (Å²) in [6, 6.07) is 0.194. The van der Waals surface area contributed by atoms with Gasteiger partial charge in [0.25, 0.3) is 0 Å². The number of alkyl halides is 1. The van der Waals surface area contributed by atoms with Crippen LogP contribution in [0, 0.1) is 0 Å². The number of nitrogens with zero attached hydrogens (tertiary/aromatic N) is 1. The van der Waals surface area contributed by atoms with Gasteiger partial charge in [0.15, 0.2) is 0 Å². The van der Waals surface area contributed by atoms with E-state index in [-0.39, 0.29) is 18.8 Å². The first-order valence-electron chi connectivity index (χ1n) is 3.87. The van der Waals surface area contributed by atoms with E-state index in [1.54, 1.807) is 0 Å². The van der Waals surface area contributed by atoms with E-state index in [1.165, 1.54) is 0 Å². The molecule has 0 unspecified atom stereocenters. The van der Waals surface area contributed by atoms with Crippen LogP contribution in [0.25, 0.3) is 0 Å². The van der Waals surface area contributed by atoms with Crippen LogP contribution in [-0.4, -0.2) is 51.4 Å². The van der Waals surface area contributed by atoms with Crippen LogP contribution in [0.1, 0.15) is 6.42 Å². The van der Waals surface area contributed by atoms with Crippen molar-refractivity contribution in [3.8, 4) is 0 Å². The molecule has 2 atom stereocenters. The minimum absolute atomic E-state index is 0.174. The van der Waals surface area contributed by atoms with Crippen molar-refractivity contribution in [1.82, 2.24) is 4.90 Å². The predicted molar refractivity (Wildman–Crippen MR) is 52.0 cm³/mol. The minimum atomic E-state index is -0.227. The zero-order valence-corrected chi connectivity index (χ0v) is 8.57. The third-order valence-electron chi connectivity index (χ3n) is 2.09. The fourth-order valence-corrected chi connectivity index (χ4v) is 2.15. The van der Waals surface area contributed by atoms with Gasteiger partial charge in [0.05, 0.1) is 12.7 Å². The fraction of sp³-hybridized carbons (Fsp3) is 1.00. The van der Waals surface area contributed by atoms with Gasteiger partial charge in [0.1, 0.15) is 0 Å². The molecule has 11 heavy (non-hydrogen) atoms. The summed E-state index contributed by atoms with van der Waals surface area (Å²) >= 11 is 2.31. The molecule has 1 fully saturated rings. The van der Waals surface area contributed by atoms with Gasteiger partial charge in [0.2, 0.25) is 0 Å². The van der Waals surface area contributed by atoms with Crippen LogP contribution in [0.3, 0.4) is 0 Å². The molecule has 1 aliphatic heterocycles. The molecule has 0 aromatic heterocycles. The van der Waals surface area contributed by atoms with Crippen LogP contribution in [0.5, 0.6) is 0 Å². The monoisotopic (exact) mass is 271 g/mol. The third-order valence-corrected chi connectivity index (χ3v) is 2.57. The fourth-order valence-electron chi connectivity index (χ4n) is 1.53. The van der Waals surface area contributed by atoms with Gasteiger partial charge in [-0.05, 0) is 6.42 Å². The van der Waals surface area contributed by atoms with Gasteiger partial charge in [-0.25, -0.2) is 0 Å². The van der Waals surface area contributed by atoms with Crippen molar-refractivity contribution in [2.75, 3.05) is 24.1 Å². The number of rotatable bonds is 3. The Morgan fingerprint density at radius 2 is 2.27 bits per heavy atom. The molecule has 66 valence electrons. The predicted octanol–water partition coefficient (Wildman–Crippen LogP) is -0.151. The average molecular weight is 271 g/mol. The first-order valence-corrected chi connectivity index (χ1v) is 5.39. The zero-order valence-electron chi connectivity index (χ0n) is 6.41. The van der Waals surface area contributed by atoms with Gasteiger partial charge in [-0.1, -0.05) is 22.6 Å². The molecule has 0 aromatic carbocycles. The lowest BCUT2D eigenvalue weighted by atomic mass is 10.2. The zero-order chi connectivity index (χ0) is 8.27. The highest BCUT2D eigenvalue weighted by molar-refractivity contribution is 14.1. The minimum Gasteiger partial charge on any atom is -0.395 e. The first-order chi connectivity index (χ1) is 5.27. The van der Waals surface area contributed by atoms with Gasteiger partial charge in [-0.2, -0.15) is 0 Å². The molecule has 0 bridgehead atoms. The van der Waals surface area contributed by atoms with Crippen LogP contribution in [0.4, 0.5) is 0 Å². The molecule has 3 nitrogen and oxygen atoms in total. The molecule has 1 heterocycles. The Morgan fingerprint density at radius 3 is 2.82 bits per heavy atom. The molecule has 1 aliphatic rings. The second kappa shape index (κ2) is 4.59. The van der Waals surface area contributed by atoms with Gasteiger partial charge in [-0.15, -0.1) is 0 Å². The van der Waals surface area contributed by atoms with Gasteiger partial charge in [-0.3, -0.25) is 4.90 Å². The Kier molecular flexibility index (Phi) is 4.05. The van der Waals surface area contributed by atoms with E-state index in [4.69, 9.17) is 5.11 Å². The van der Waals surface area contributed by atoms with E-state index in [9.17, 15) is 5.11 Å². The number of aliphatic hydroxyl groups excluding tert-OH is 2. The molecule has 4 heteroatoms. The van der Waals surface area contributed by atoms with Crippen LogP contribution >= 0.6 is 22.6 Å². The van der Waals surface area contributed by atoms with E-state index in [0.29, 0.717) is 0 Å². The summed E-state index contributed by atoms with van der Waals surface area (Å²) in [4.78, 5) is 2.15. The van der Waals surface area contributed by atoms with E-state index in [2.05, 4.69) is 27.5 Å². The summed E-state index contributed by atoms with van der Waals surface area (Å²) in [5.41, 5.74) is 0. The van der Waals surface area contributed by atoms with Crippen molar-refractivity contribution in [1.29, 1.82) is 0 Å². The lowest BCUT2D eigenvalue weighted by molar-refractivity contribution is 0.163. The van der Waals surface area contributed by atoms with E-state index >= 15 is 0 Å². The maximum absolute atomic E-state index is 9.27. The van der Waals surface area contributed by atoms with Crippen LogP contribution in [0.2, 0.25) is 0 Å². The smallest absolute Gasteiger partial charge is 0.0683 e. The van der Waals surface area contributed by atoms with Crippen molar-refractivity contribution in [3.63, 3.8) is 0 Å². The largest absolute Gasteiger partial charge is 0.395 e.